The molecule has 4 unspecified atom stereocenters. The summed E-state index contributed by atoms with van der Waals surface area (Å²) in [4.78, 5) is 170. The zero-order chi connectivity index (χ0) is 68.6. The van der Waals surface area contributed by atoms with Crippen LogP contribution in [0.1, 0.15) is 131 Å². The lowest BCUT2D eigenvalue weighted by molar-refractivity contribution is -0.154. The lowest BCUT2D eigenvalue weighted by Gasteiger charge is -2.42. The van der Waals surface area contributed by atoms with Gasteiger partial charge in [-0.05, 0) is 111 Å². The van der Waals surface area contributed by atoms with Crippen LogP contribution in [0.2, 0.25) is 0 Å². The summed E-state index contributed by atoms with van der Waals surface area (Å²) in [7, 11) is 0. The van der Waals surface area contributed by atoms with Crippen molar-refractivity contribution in [2.24, 2.45) is 50.5 Å². The summed E-state index contributed by atoms with van der Waals surface area (Å²) in [6, 6.07) is 0.351. The van der Waals surface area contributed by atoms with Gasteiger partial charge in [0.2, 0.25) is 53.2 Å². The number of aliphatic imine (C=N–C) groups is 2. The number of nitrogens with one attached hydrogen (secondary N) is 5. The fourth-order valence-electron chi connectivity index (χ4n) is 14.6. The molecule has 4 fully saturated rings. The van der Waals surface area contributed by atoms with Crippen molar-refractivity contribution < 1.29 is 73.2 Å². The maximum atomic E-state index is 15.4. The Hall–Kier alpha value is -8.97. The summed E-state index contributed by atoms with van der Waals surface area (Å²) in [5.41, 5.74) is 30.2. The smallest absolute Gasteiger partial charge is 0.326 e. The number of hydrogen-bond donors (Lipinski definition) is 14. The molecule has 2 aliphatic carbocycles. The molecule has 0 radical (unpaired) electrons. The van der Waals surface area contributed by atoms with Crippen LogP contribution in [0.4, 0.5) is 0 Å². The van der Waals surface area contributed by atoms with Crippen molar-refractivity contribution in [3.05, 3.63) is 70.8 Å². The largest absolute Gasteiger partial charge is 0.480 e. The first kappa shape index (κ1) is 71.9. The topological polar surface area (TPSA) is 497 Å². The van der Waals surface area contributed by atoms with E-state index in [1.165, 1.54) is 19.6 Å². The van der Waals surface area contributed by atoms with Crippen LogP contribution < -0.4 is 55.3 Å². The lowest BCUT2D eigenvalue weighted by atomic mass is 9.84. The number of carbonyl (C=O) groups is 11. The van der Waals surface area contributed by atoms with Gasteiger partial charge in [-0.2, -0.15) is 0 Å². The van der Waals surface area contributed by atoms with E-state index in [1.807, 2.05) is 0 Å². The number of benzene rings is 2. The highest BCUT2D eigenvalue weighted by molar-refractivity contribution is 6.00. The quantitative estimate of drug-likeness (QED) is 0.0220. The summed E-state index contributed by atoms with van der Waals surface area (Å²) in [5.74, 6) is -10.6. The van der Waals surface area contributed by atoms with E-state index in [2.05, 4.69) is 36.6 Å². The molecule has 518 valence electrons. The molecule has 0 spiro atoms. The molecule has 6 aliphatic rings. The molecule has 13 atom stereocenters. The van der Waals surface area contributed by atoms with Crippen LogP contribution in [-0.4, -0.2) is 216 Å². The Morgan fingerprint density at radius 2 is 0.916 bits per heavy atom. The number of guanidine groups is 2. The molecule has 0 aromatic heterocycles. The van der Waals surface area contributed by atoms with Gasteiger partial charge in [-0.3, -0.25) is 53.1 Å². The van der Waals surface area contributed by atoms with E-state index in [4.69, 9.17) is 28.7 Å². The van der Waals surface area contributed by atoms with Crippen LogP contribution in [-0.2, 0) is 78.7 Å². The molecule has 4 heterocycles. The lowest BCUT2D eigenvalue weighted by Crippen LogP contribution is -2.63. The average molecular weight is 1330 g/mol. The number of carboxylic acid groups (broad SMARTS) is 2. The number of nitrogens with two attached hydrogens (primary N) is 5. The summed E-state index contributed by atoms with van der Waals surface area (Å²) in [6.45, 7) is -2.12. The fraction of sp³-hybridized carbons (Fsp3) is 0.609. The molecule has 2 aromatic rings. The molecule has 0 bridgehead atoms. The van der Waals surface area contributed by atoms with Crippen LogP contribution in [0.3, 0.4) is 0 Å². The van der Waals surface area contributed by atoms with Gasteiger partial charge < -0.3 is 95.3 Å². The van der Waals surface area contributed by atoms with Gasteiger partial charge in [0.1, 0.15) is 54.4 Å². The minimum atomic E-state index is -1.81. The Morgan fingerprint density at radius 1 is 0.505 bits per heavy atom. The predicted molar refractivity (Wildman–Crippen MR) is 343 cm³/mol. The average Bonchev–Trinajstić information content (AvgIpc) is 1.73. The van der Waals surface area contributed by atoms with Gasteiger partial charge >= 0.3 is 11.9 Å². The Balaban J connectivity index is 1.01. The Morgan fingerprint density at radius 3 is 1.33 bits per heavy atom. The van der Waals surface area contributed by atoms with Gasteiger partial charge in [0.25, 0.3) is 0 Å². The van der Waals surface area contributed by atoms with Crippen molar-refractivity contribution in [3.63, 3.8) is 0 Å². The number of aliphatic hydroxyl groups excluding tert-OH is 2. The van der Waals surface area contributed by atoms with Crippen molar-refractivity contribution in [2.75, 3.05) is 32.8 Å². The molecule has 4 aliphatic heterocycles. The summed E-state index contributed by atoms with van der Waals surface area (Å²) < 4.78 is 0. The Bertz CT molecular complexity index is 3220. The number of carbonyl (C=O) groups excluding carboxylic acids is 9. The number of likely N-dealkylation sites (tertiary alicyclic amines) is 2. The molecule has 2 aromatic carbocycles. The van der Waals surface area contributed by atoms with Crippen LogP contribution in [0.25, 0.3) is 0 Å². The van der Waals surface area contributed by atoms with E-state index < -0.39 is 151 Å². The van der Waals surface area contributed by atoms with E-state index >= 15 is 19.2 Å². The third-order valence-electron chi connectivity index (χ3n) is 19.3. The van der Waals surface area contributed by atoms with Gasteiger partial charge in [0, 0.05) is 57.5 Å². The second kappa shape index (κ2) is 33.4. The molecular formula is C64H92N16O15. The first-order chi connectivity index (χ1) is 45.5. The third kappa shape index (κ3) is 17.9. The number of amides is 9. The third-order valence-corrected chi connectivity index (χ3v) is 19.3. The molecule has 8 rings (SSSR count). The summed E-state index contributed by atoms with van der Waals surface area (Å²) in [5, 5.41) is 54.9. The van der Waals surface area contributed by atoms with Gasteiger partial charge in [0.15, 0.2) is 11.9 Å². The molecule has 19 N–H and O–H groups in total. The first-order valence-corrected chi connectivity index (χ1v) is 32.9. The molecule has 31 heteroatoms. The summed E-state index contributed by atoms with van der Waals surface area (Å²) >= 11 is 0. The number of carboxylic acids is 2. The zero-order valence-electron chi connectivity index (χ0n) is 53.4. The zero-order valence-corrected chi connectivity index (χ0v) is 53.4. The van der Waals surface area contributed by atoms with Gasteiger partial charge in [-0.1, -0.05) is 74.2 Å². The number of aliphatic carboxylic acids is 2. The van der Waals surface area contributed by atoms with E-state index in [-0.39, 0.29) is 121 Å². The van der Waals surface area contributed by atoms with Crippen molar-refractivity contribution in [3.8, 4) is 0 Å². The standard InChI is InChI=1S/C64H92N16O15/c65-23-9-22-52(83)72-43(54(85)76-45(34-82)58(89)78-32-40-17-4-2-13-36(40)27-51(78)60(91)80-47-21-8-6-15-38(47)29-49(80)56(87)75-42(62(94)95)19-11-25-71-64(68)69)30-53(84)73-44(33-81)57(88)77-31-39-16-3-1-12-35(39)26-50(77)59(90)79-46-20-7-5-14-37(46)28-48(79)55(86)74-41(61(92)93)18-10-24-70-63(66)67/h1-4,12-13,16-17,37-38,41-51,81-82H,5-11,14-15,18-34,65H2,(H,72,83)(H,73,84)(H,74,86)(H,75,87)(H,76,85)(H,92,93)(H,94,95)(H4,66,67,70)(H4,68,69,71)/t37?,38?,41-,42-,43+,44-,45-,46?,47?,48-,49-,50+,51+/m0/s1. The molecule has 31 nitrogen and oxygen atoms in total. The van der Waals surface area contributed by atoms with Crippen molar-refractivity contribution >= 4 is 77.0 Å². The van der Waals surface area contributed by atoms with Crippen LogP contribution in [0.5, 0.6) is 0 Å². The van der Waals surface area contributed by atoms with E-state index in [1.54, 1.807) is 48.5 Å². The Labute approximate surface area is 550 Å². The van der Waals surface area contributed by atoms with E-state index in [0.29, 0.717) is 42.4 Å². The maximum Gasteiger partial charge on any atom is 0.326 e. The second-order valence-electron chi connectivity index (χ2n) is 25.6. The van der Waals surface area contributed by atoms with Crippen molar-refractivity contribution in [2.45, 2.75) is 202 Å². The second-order valence-corrected chi connectivity index (χ2v) is 25.6. The minimum Gasteiger partial charge on any atom is -0.480 e. The first-order valence-electron chi connectivity index (χ1n) is 32.9. The number of hydrogen-bond acceptors (Lipinski definition) is 16. The molecule has 2 saturated heterocycles. The predicted octanol–water partition coefficient (Wildman–Crippen LogP) is -2.97. The highest BCUT2D eigenvalue weighted by Crippen LogP contribution is 2.43. The fourth-order valence-corrected chi connectivity index (χ4v) is 14.6. The monoisotopic (exact) mass is 1320 g/mol. The van der Waals surface area contributed by atoms with Crippen LogP contribution >= 0.6 is 0 Å². The van der Waals surface area contributed by atoms with Gasteiger partial charge in [0.05, 0.1) is 19.6 Å². The summed E-state index contributed by atoms with van der Waals surface area (Å²) in [6.07, 6.45) is 5.45. The molecule has 2 saturated carbocycles. The van der Waals surface area contributed by atoms with E-state index in [9.17, 15) is 54.0 Å². The number of rotatable bonds is 29. The molecular weight excluding hydrogens is 1230 g/mol. The maximum absolute atomic E-state index is 15.4. The van der Waals surface area contributed by atoms with Crippen molar-refractivity contribution in [1.82, 2.24) is 46.2 Å². The molecule has 95 heavy (non-hydrogen) atoms. The number of aliphatic hydroxyl groups is 2. The van der Waals surface area contributed by atoms with Gasteiger partial charge in [-0.25, -0.2) is 9.59 Å². The SMILES string of the molecule is NCCCC(=O)N[C@H](CC(=O)N[C@@H](CO)C(=O)N1Cc2ccccc2C[C@@H]1C(=O)N1C2CCCCC2C[C@H]1C(=O)N[C@@H](CCCN=C(N)N)C(=O)O)C(=O)N[C@@H](CO)C(=O)N1Cc2ccccc2C[C@@H]1C(=O)N1C2CCCCC2C[C@H]1C(=O)N[C@@H](CCCN=C(N)N)C(=O)O. The minimum absolute atomic E-state index is 0.0199. The molecule has 9 amide bonds. The number of fused-ring (bicyclic) bond motifs is 4. The van der Waals surface area contributed by atoms with Crippen molar-refractivity contribution in [1.29, 1.82) is 0 Å². The highest BCUT2D eigenvalue weighted by Gasteiger charge is 2.54. The van der Waals surface area contributed by atoms with E-state index in [0.717, 1.165) is 31.2 Å². The highest BCUT2D eigenvalue weighted by atomic mass is 16.4. The van der Waals surface area contributed by atoms with Gasteiger partial charge in [-0.15, -0.1) is 0 Å². The normalized spacial score (nSPS) is 23.4. The Kier molecular flexibility index (Phi) is 25.3. The van der Waals surface area contributed by atoms with Crippen LogP contribution in [0.15, 0.2) is 58.5 Å². The number of nitrogens with zero attached hydrogens (tertiary/aromatic N) is 6. The van der Waals surface area contributed by atoms with Crippen LogP contribution in [0, 0.1) is 11.8 Å².